The molecular weight excluding hydrogens is 362 g/mol. The van der Waals surface area contributed by atoms with E-state index in [1.54, 1.807) is 0 Å². The number of benzene rings is 2. The molecule has 5 rings (SSSR count). The van der Waals surface area contributed by atoms with Gasteiger partial charge in [-0.25, -0.2) is 0 Å². The predicted octanol–water partition coefficient (Wildman–Crippen LogP) is 5.74. The number of Topliss-reactive ketones (excluding diaryl/α,β-unsaturated/α-hetero) is 1. The lowest BCUT2D eigenvalue weighted by Crippen LogP contribution is -2.33. The quantitative estimate of drug-likeness (QED) is 0.711. The van der Waals surface area contributed by atoms with E-state index in [1.165, 1.54) is 5.56 Å². The summed E-state index contributed by atoms with van der Waals surface area (Å²) in [5.74, 6) is 2.15. The Hall–Kier alpha value is -2.75. The van der Waals surface area contributed by atoms with Crippen molar-refractivity contribution in [1.82, 2.24) is 0 Å². The monoisotopic (exact) mass is 389 g/mol. The molecule has 2 heterocycles. The van der Waals surface area contributed by atoms with Crippen LogP contribution in [0.2, 0.25) is 0 Å². The molecule has 0 spiro atoms. The molecule has 0 bridgehead atoms. The minimum Gasteiger partial charge on any atom is -0.454 e. The fourth-order valence-electron chi connectivity index (χ4n) is 4.82. The number of allylic oxidation sites excluding steroid dienone is 2. The number of ether oxygens (including phenoxy) is 2. The van der Waals surface area contributed by atoms with Crippen LogP contribution in [-0.4, -0.2) is 12.6 Å². The van der Waals surface area contributed by atoms with Crippen LogP contribution in [0.3, 0.4) is 0 Å². The summed E-state index contributed by atoms with van der Waals surface area (Å²) in [6.07, 6.45) is 1.44. The highest BCUT2D eigenvalue weighted by molar-refractivity contribution is 6.01. The molecule has 1 aliphatic carbocycles. The average molecular weight is 389 g/mol. The molecule has 0 saturated heterocycles. The summed E-state index contributed by atoms with van der Waals surface area (Å²) in [5, 5.41) is 3.57. The second-order valence-electron chi connectivity index (χ2n) is 9.51. The van der Waals surface area contributed by atoms with Crippen molar-refractivity contribution >= 4 is 11.5 Å². The summed E-state index contributed by atoms with van der Waals surface area (Å²) < 4.78 is 11.2. The highest BCUT2D eigenvalue weighted by Crippen LogP contribution is 2.51. The van der Waals surface area contributed by atoms with Gasteiger partial charge < -0.3 is 14.8 Å². The number of carbonyl (C=O) groups is 1. The van der Waals surface area contributed by atoms with E-state index in [0.29, 0.717) is 12.3 Å². The van der Waals surface area contributed by atoms with E-state index in [1.807, 2.05) is 12.1 Å². The lowest BCUT2D eigenvalue weighted by molar-refractivity contribution is -0.118. The minimum absolute atomic E-state index is 0.0389. The van der Waals surface area contributed by atoms with Crippen molar-refractivity contribution < 1.29 is 14.3 Å². The first-order valence-electron chi connectivity index (χ1n) is 10.4. The maximum atomic E-state index is 13.3. The number of nitrogens with one attached hydrogen (secondary N) is 1. The Morgan fingerprint density at radius 2 is 1.72 bits per heavy atom. The van der Waals surface area contributed by atoms with E-state index in [4.69, 9.17) is 9.47 Å². The first kappa shape index (κ1) is 18.3. The molecule has 0 saturated carbocycles. The summed E-state index contributed by atoms with van der Waals surface area (Å²) in [6, 6.07) is 12.8. The molecule has 29 heavy (non-hydrogen) atoms. The number of carbonyl (C=O) groups excluding carboxylic acids is 1. The van der Waals surface area contributed by atoms with E-state index in [2.05, 4.69) is 57.3 Å². The third-order valence-corrected chi connectivity index (χ3v) is 6.29. The van der Waals surface area contributed by atoms with Crippen LogP contribution in [0, 0.1) is 5.41 Å². The van der Waals surface area contributed by atoms with Gasteiger partial charge in [-0.1, -0.05) is 52.0 Å². The van der Waals surface area contributed by atoms with Crippen LogP contribution in [0.4, 0.5) is 5.69 Å². The maximum Gasteiger partial charge on any atom is 0.231 e. The molecule has 1 atom stereocenters. The van der Waals surface area contributed by atoms with Gasteiger partial charge in [0, 0.05) is 35.4 Å². The van der Waals surface area contributed by atoms with Crippen molar-refractivity contribution in [3.05, 3.63) is 64.4 Å². The summed E-state index contributed by atoms with van der Waals surface area (Å²) in [4.78, 5) is 13.3. The summed E-state index contributed by atoms with van der Waals surface area (Å²) >= 11 is 0. The Bertz CT molecular complexity index is 1030. The molecule has 3 aliphatic rings. The number of anilines is 1. The van der Waals surface area contributed by atoms with Crippen molar-refractivity contribution in [3.8, 4) is 11.5 Å². The van der Waals surface area contributed by atoms with Crippen LogP contribution in [0.25, 0.3) is 0 Å². The van der Waals surface area contributed by atoms with Crippen molar-refractivity contribution in [2.24, 2.45) is 5.41 Å². The average Bonchev–Trinajstić information content (AvgIpc) is 3.11. The molecule has 0 amide bonds. The van der Waals surface area contributed by atoms with Gasteiger partial charge in [-0.3, -0.25) is 4.79 Å². The smallest absolute Gasteiger partial charge is 0.231 e. The zero-order valence-corrected chi connectivity index (χ0v) is 17.5. The topological polar surface area (TPSA) is 47.6 Å². The van der Waals surface area contributed by atoms with Gasteiger partial charge in [0.1, 0.15) is 0 Å². The Kier molecular flexibility index (Phi) is 4.02. The Balaban J connectivity index is 1.69. The number of rotatable bonds is 2. The highest BCUT2D eigenvalue weighted by Gasteiger charge is 2.41. The molecule has 2 aromatic rings. The number of hydrogen-bond donors (Lipinski definition) is 1. The van der Waals surface area contributed by atoms with Gasteiger partial charge >= 0.3 is 0 Å². The third-order valence-electron chi connectivity index (χ3n) is 6.29. The van der Waals surface area contributed by atoms with Gasteiger partial charge in [0.05, 0.1) is 0 Å². The van der Waals surface area contributed by atoms with Crippen LogP contribution in [0.15, 0.2) is 47.7 Å². The molecule has 1 N–H and O–H groups in total. The summed E-state index contributed by atoms with van der Waals surface area (Å²) in [5.41, 5.74) is 6.47. The Labute approximate surface area is 171 Å². The third kappa shape index (κ3) is 3.02. The predicted molar refractivity (Wildman–Crippen MR) is 114 cm³/mol. The summed E-state index contributed by atoms with van der Waals surface area (Å²) in [7, 11) is 0. The van der Waals surface area contributed by atoms with Gasteiger partial charge in [-0.05, 0) is 40.5 Å². The van der Waals surface area contributed by atoms with Crippen LogP contribution in [-0.2, 0) is 4.79 Å². The van der Waals surface area contributed by atoms with Crippen LogP contribution in [0.5, 0.6) is 11.5 Å². The fourth-order valence-corrected chi connectivity index (χ4v) is 4.82. The van der Waals surface area contributed by atoms with Gasteiger partial charge in [0.15, 0.2) is 17.3 Å². The molecule has 0 radical (unpaired) electrons. The van der Waals surface area contributed by atoms with Crippen LogP contribution >= 0.6 is 0 Å². The van der Waals surface area contributed by atoms with Crippen LogP contribution < -0.4 is 14.8 Å². The fraction of sp³-hybridized carbons (Fsp3) is 0.400. The first-order chi connectivity index (χ1) is 13.8. The number of hydrogen-bond acceptors (Lipinski definition) is 4. The van der Waals surface area contributed by atoms with Gasteiger partial charge in [0.25, 0.3) is 0 Å². The molecule has 0 unspecified atom stereocenters. The first-order valence-corrected chi connectivity index (χ1v) is 10.4. The molecule has 2 aromatic carbocycles. The second kappa shape index (κ2) is 6.38. The number of ketones is 1. The lowest BCUT2D eigenvalue weighted by atomic mass is 9.68. The standard InChI is InChI=1S/C25H27NO3/c1-14(2)15-5-7-16(8-6-15)23-17-9-21-22(29-13-28-21)10-18(17)26-19-11-25(3,4)12-20(27)24(19)23/h5-10,14,23,26H,11-13H2,1-4H3/t23-/m1/s1. The lowest BCUT2D eigenvalue weighted by Gasteiger charge is -2.39. The largest absolute Gasteiger partial charge is 0.454 e. The highest BCUT2D eigenvalue weighted by atomic mass is 16.7. The maximum absolute atomic E-state index is 13.3. The molecule has 0 fully saturated rings. The zero-order valence-electron chi connectivity index (χ0n) is 17.5. The second-order valence-corrected chi connectivity index (χ2v) is 9.51. The van der Waals surface area contributed by atoms with Crippen molar-refractivity contribution in [2.45, 2.75) is 52.4 Å². The zero-order chi connectivity index (χ0) is 20.3. The number of fused-ring (bicyclic) bond motifs is 2. The minimum atomic E-state index is -0.0828. The van der Waals surface area contributed by atoms with Crippen LogP contribution in [0.1, 0.15) is 69.1 Å². The van der Waals surface area contributed by atoms with Crippen molar-refractivity contribution in [1.29, 1.82) is 0 Å². The Morgan fingerprint density at radius 3 is 2.41 bits per heavy atom. The molecule has 4 heteroatoms. The van der Waals surface area contributed by atoms with E-state index < -0.39 is 0 Å². The van der Waals surface area contributed by atoms with E-state index >= 15 is 0 Å². The SMILES string of the molecule is CC(C)c1ccc([C@H]2C3=C(CC(C)(C)CC3=O)Nc3cc4c(cc32)OCO4)cc1. The van der Waals surface area contributed by atoms with Crippen molar-refractivity contribution in [3.63, 3.8) is 0 Å². The molecule has 2 aliphatic heterocycles. The van der Waals surface area contributed by atoms with Crippen molar-refractivity contribution in [2.75, 3.05) is 12.1 Å². The van der Waals surface area contributed by atoms with E-state index in [-0.39, 0.29) is 23.9 Å². The molecule has 0 aromatic heterocycles. The van der Waals surface area contributed by atoms with Gasteiger partial charge in [0.2, 0.25) is 6.79 Å². The molecule has 4 nitrogen and oxygen atoms in total. The molecular formula is C25H27NO3. The Morgan fingerprint density at radius 1 is 1.03 bits per heavy atom. The van der Waals surface area contributed by atoms with Gasteiger partial charge in [-0.2, -0.15) is 0 Å². The normalized spacial score (nSPS) is 21.7. The molecule has 150 valence electrons. The van der Waals surface area contributed by atoms with Gasteiger partial charge in [-0.15, -0.1) is 0 Å². The van der Waals surface area contributed by atoms with E-state index in [9.17, 15) is 4.79 Å². The van der Waals surface area contributed by atoms with E-state index in [0.717, 1.165) is 46.0 Å². The summed E-state index contributed by atoms with van der Waals surface area (Å²) in [6.45, 7) is 8.96.